The molecule has 8 nitrogen and oxygen atoms in total. The number of amides is 1. The molecule has 0 atom stereocenters. The van der Waals surface area contributed by atoms with E-state index in [4.69, 9.17) is 19.9 Å². The van der Waals surface area contributed by atoms with Crippen LogP contribution in [0.25, 0.3) is 22.0 Å². The summed E-state index contributed by atoms with van der Waals surface area (Å²) >= 11 is 1.26. The van der Waals surface area contributed by atoms with Gasteiger partial charge in [-0.05, 0) is 41.1 Å². The second-order valence-electron chi connectivity index (χ2n) is 7.02. The summed E-state index contributed by atoms with van der Waals surface area (Å²) in [7, 11) is 3.12. The summed E-state index contributed by atoms with van der Waals surface area (Å²) in [5.74, 6) is 0.0156. The van der Waals surface area contributed by atoms with Gasteiger partial charge < -0.3 is 19.9 Å². The third-order valence-electron chi connectivity index (χ3n) is 4.90. The number of benzene rings is 3. The first-order chi connectivity index (χ1) is 16.0. The number of thiazole rings is 1. The first-order valence-corrected chi connectivity index (χ1v) is 10.8. The third kappa shape index (κ3) is 4.88. The van der Waals surface area contributed by atoms with Crippen molar-refractivity contribution in [3.05, 3.63) is 65.5 Å². The summed E-state index contributed by atoms with van der Waals surface area (Å²) in [5, 5.41) is 6.59. The quantitative estimate of drug-likeness (QED) is 0.309. The molecule has 0 saturated heterocycles. The number of aromatic nitrogens is 1. The molecule has 4 rings (SSSR count). The van der Waals surface area contributed by atoms with Crippen molar-refractivity contribution in [1.29, 1.82) is 0 Å². The maximum atomic E-state index is 12.5. The molecule has 0 unspecified atom stereocenters. The fourth-order valence-electron chi connectivity index (χ4n) is 3.26. The van der Waals surface area contributed by atoms with Crippen molar-refractivity contribution in [2.75, 3.05) is 31.9 Å². The van der Waals surface area contributed by atoms with E-state index >= 15 is 0 Å². The summed E-state index contributed by atoms with van der Waals surface area (Å²) in [4.78, 5) is 29.2. The van der Waals surface area contributed by atoms with Crippen LogP contribution in [0.15, 0.2) is 60.0 Å². The highest BCUT2D eigenvalue weighted by atomic mass is 32.1. The van der Waals surface area contributed by atoms with E-state index in [-0.39, 0.29) is 5.56 Å². The molecule has 1 amide bonds. The van der Waals surface area contributed by atoms with Gasteiger partial charge in [-0.15, -0.1) is 11.3 Å². The molecule has 0 bridgehead atoms. The Bertz CT molecular complexity index is 1330. The molecule has 0 fully saturated rings. The van der Waals surface area contributed by atoms with Gasteiger partial charge in [0.1, 0.15) is 0 Å². The zero-order valence-corrected chi connectivity index (χ0v) is 18.8. The van der Waals surface area contributed by atoms with Crippen LogP contribution in [0.1, 0.15) is 10.4 Å². The number of esters is 1. The number of nitrogens with one attached hydrogen (secondary N) is 1. The summed E-state index contributed by atoms with van der Waals surface area (Å²) in [6.07, 6.45) is 0. The molecule has 3 N–H and O–H groups in total. The number of hydrogen-bond acceptors (Lipinski definition) is 8. The van der Waals surface area contributed by atoms with Gasteiger partial charge in [0.2, 0.25) is 0 Å². The molecular weight excluding hydrogens is 442 g/mol. The lowest BCUT2D eigenvalue weighted by molar-refractivity contribution is -0.119. The normalized spacial score (nSPS) is 10.6. The first kappa shape index (κ1) is 22.1. The van der Waals surface area contributed by atoms with Gasteiger partial charge in [-0.3, -0.25) is 10.1 Å². The van der Waals surface area contributed by atoms with E-state index in [2.05, 4.69) is 10.3 Å². The van der Waals surface area contributed by atoms with Crippen molar-refractivity contribution in [2.45, 2.75) is 0 Å². The Morgan fingerprint density at radius 3 is 2.45 bits per heavy atom. The second kappa shape index (κ2) is 9.58. The molecule has 1 aromatic heterocycles. The van der Waals surface area contributed by atoms with E-state index in [9.17, 15) is 9.59 Å². The van der Waals surface area contributed by atoms with Gasteiger partial charge in [0.15, 0.2) is 23.2 Å². The lowest BCUT2D eigenvalue weighted by Crippen LogP contribution is -2.21. The van der Waals surface area contributed by atoms with E-state index in [1.54, 1.807) is 43.9 Å². The van der Waals surface area contributed by atoms with Crippen LogP contribution in [0.2, 0.25) is 0 Å². The number of hydrogen-bond donors (Lipinski definition) is 2. The molecule has 3 aromatic carbocycles. The topological polar surface area (TPSA) is 113 Å². The Balaban J connectivity index is 1.38. The van der Waals surface area contributed by atoms with E-state index in [0.717, 1.165) is 16.3 Å². The van der Waals surface area contributed by atoms with Crippen LogP contribution >= 0.6 is 11.3 Å². The van der Waals surface area contributed by atoms with Gasteiger partial charge in [-0.1, -0.05) is 24.3 Å². The van der Waals surface area contributed by atoms with Crippen LogP contribution in [0.4, 0.5) is 10.8 Å². The Kier molecular flexibility index (Phi) is 6.41. The largest absolute Gasteiger partial charge is 0.493 e. The highest BCUT2D eigenvalue weighted by molar-refractivity contribution is 7.14. The molecular formula is C24H21N3O5S. The minimum absolute atomic E-state index is 0.214. The number of nitrogens with two attached hydrogens (primary N) is 1. The summed E-state index contributed by atoms with van der Waals surface area (Å²) in [6, 6.07) is 16.3. The minimum Gasteiger partial charge on any atom is -0.493 e. The molecule has 0 radical (unpaired) electrons. The van der Waals surface area contributed by atoms with E-state index in [1.165, 1.54) is 11.3 Å². The summed E-state index contributed by atoms with van der Waals surface area (Å²) in [5.41, 5.74) is 7.96. The Hall–Kier alpha value is -4.11. The molecule has 0 aliphatic heterocycles. The molecule has 168 valence electrons. The Morgan fingerprint density at radius 1 is 1.00 bits per heavy atom. The third-order valence-corrected chi connectivity index (χ3v) is 5.66. The number of ether oxygens (including phenoxy) is 3. The van der Waals surface area contributed by atoms with Crippen molar-refractivity contribution in [3.63, 3.8) is 0 Å². The predicted molar refractivity (Wildman–Crippen MR) is 128 cm³/mol. The summed E-state index contributed by atoms with van der Waals surface area (Å²) in [6.45, 7) is -0.462. The molecule has 0 aliphatic rings. The highest BCUT2D eigenvalue weighted by Crippen LogP contribution is 2.33. The van der Waals surface area contributed by atoms with Gasteiger partial charge in [-0.25, -0.2) is 9.78 Å². The van der Waals surface area contributed by atoms with E-state index < -0.39 is 18.5 Å². The number of anilines is 2. The lowest BCUT2D eigenvalue weighted by Gasteiger charge is -2.09. The second-order valence-corrected chi connectivity index (χ2v) is 7.88. The van der Waals surface area contributed by atoms with E-state index in [1.807, 2.05) is 30.3 Å². The van der Waals surface area contributed by atoms with Crippen molar-refractivity contribution in [2.24, 2.45) is 0 Å². The van der Waals surface area contributed by atoms with Crippen molar-refractivity contribution in [1.82, 2.24) is 4.98 Å². The Labute approximate surface area is 193 Å². The van der Waals surface area contributed by atoms with Crippen LogP contribution in [0.5, 0.6) is 11.5 Å². The van der Waals surface area contributed by atoms with Gasteiger partial charge in [-0.2, -0.15) is 0 Å². The molecule has 4 aromatic rings. The average Bonchev–Trinajstić information content (AvgIpc) is 3.30. The van der Waals surface area contributed by atoms with Gasteiger partial charge >= 0.3 is 5.97 Å². The van der Waals surface area contributed by atoms with Crippen LogP contribution < -0.4 is 20.5 Å². The molecule has 33 heavy (non-hydrogen) atoms. The number of carbonyl (C=O) groups is 2. The monoisotopic (exact) mass is 463 g/mol. The van der Waals surface area contributed by atoms with Crippen LogP contribution in [0.3, 0.4) is 0 Å². The number of rotatable bonds is 7. The number of carbonyl (C=O) groups excluding carboxylic acids is 2. The fraction of sp³-hybridized carbons (Fsp3) is 0.125. The van der Waals surface area contributed by atoms with Gasteiger partial charge in [0, 0.05) is 16.6 Å². The molecule has 0 aliphatic carbocycles. The number of nitrogen functional groups attached to an aromatic ring is 1. The lowest BCUT2D eigenvalue weighted by atomic mass is 10.1. The standard InChI is InChI=1S/C24H21N3O5S/c1-30-20-8-7-16(11-21(20)31-2)19-13-33-24(26-19)27-22(28)12-32-23(29)17-9-14-5-3-4-6-15(14)10-18(17)25/h3-11,13H,12,25H2,1-2H3,(H,26,27,28). The number of nitrogens with zero attached hydrogens (tertiary/aromatic N) is 1. The van der Waals surface area contributed by atoms with Gasteiger partial charge in [0.05, 0.1) is 25.5 Å². The SMILES string of the molecule is COc1ccc(-c2csc(NC(=O)COC(=O)c3cc4ccccc4cc3N)n2)cc1OC. The van der Waals surface area contributed by atoms with Crippen LogP contribution in [0, 0.1) is 0 Å². The fourth-order valence-corrected chi connectivity index (χ4v) is 3.99. The number of fused-ring (bicyclic) bond motifs is 1. The predicted octanol–water partition coefficient (Wildman–Crippen LogP) is 4.36. The van der Waals surface area contributed by atoms with E-state index in [0.29, 0.717) is 28.0 Å². The highest BCUT2D eigenvalue weighted by Gasteiger charge is 2.16. The molecule has 0 spiro atoms. The molecule has 0 saturated carbocycles. The minimum atomic E-state index is -0.668. The Morgan fingerprint density at radius 2 is 1.73 bits per heavy atom. The van der Waals surface area contributed by atoms with Crippen molar-refractivity contribution < 1.29 is 23.8 Å². The zero-order valence-electron chi connectivity index (χ0n) is 18.0. The average molecular weight is 464 g/mol. The first-order valence-electron chi connectivity index (χ1n) is 9.91. The van der Waals surface area contributed by atoms with Gasteiger partial charge in [0.25, 0.3) is 5.91 Å². The van der Waals surface area contributed by atoms with Crippen LogP contribution in [-0.2, 0) is 9.53 Å². The zero-order chi connectivity index (χ0) is 23.4. The molecule has 9 heteroatoms. The maximum Gasteiger partial charge on any atom is 0.340 e. The van der Waals surface area contributed by atoms with Crippen molar-refractivity contribution >= 4 is 44.8 Å². The van der Waals surface area contributed by atoms with Crippen LogP contribution in [-0.4, -0.2) is 37.7 Å². The smallest absolute Gasteiger partial charge is 0.340 e. The maximum absolute atomic E-state index is 12.5. The molecule has 1 heterocycles. The number of methoxy groups -OCH3 is 2. The summed E-state index contributed by atoms with van der Waals surface area (Å²) < 4.78 is 15.7. The van der Waals surface area contributed by atoms with Crippen molar-refractivity contribution in [3.8, 4) is 22.8 Å².